The third-order valence-electron chi connectivity index (χ3n) is 4.91. The summed E-state index contributed by atoms with van der Waals surface area (Å²) in [5.41, 5.74) is 1.52. The number of aryl methyl sites for hydroxylation is 1. The van der Waals surface area contributed by atoms with Gasteiger partial charge >= 0.3 is 5.69 Å². The van der Waals surface area contributed by atoms with Crippen molar-refractivity contribution in [3.8, 4) is 0 Å². The predicted molar refractivity (Wildman–Crippen MR) is 100 cm³/mol. The zero-order valence-electron chi connectivity index (χ0n) is 16.0. The van der Waals surface area contributed by atoms with E-state index in [1.54, 1.807) is 24.0 Å². The third kappa shape index (κ3) is 4.09. The highest BCUT2D eigenvalue weighted by atomic mass is 16.1. The van der Waals surface area contributed by atoms with Gasteiger partial charge in [0.05, 0.1) is 12.2 Å². The van der Waals surface area contributed by atoms with E-state index in [4.69, 9.17) is 0 Å². The molecule has 0 spiro atoms. The minimum atomic E-state index is -0.249. The number of hydrogen-bond donors (Lipinski definition) is 0. The molecule has 0 bridgehead atoms. The molecule has 1 atom stereocenters. The average molecular weight is 357 g/mol. The molecule has 0 amide bonds. The minimum Gasteiger partial charge on any atom is -0.302 e. The van der Waals surface area contributed by atoms with E-state index in [0.717, 1.165) is 37.2 Å². The Bertz CT molecular complexity index is 894. The molecule has 1 fully saturated rings. The van der Waals surface area contributed by atoms with Crippen LogP contribution in [-0.4, -0.2) is 36.8 Å². The van der Waals surface area contributed by atoms with Crippen LogP contribution >= 0.6 is 0 Å². The van der Waals surface area contributed by atoms with Gasteiger partial charge in [0.25, 0.3) is 5.56 Å². The van der Waals surface area contributed by atoms with Crippen molar-refractivity contribution in [2.45, 2.75) is 58.2 Å². The van der Waals surface area contributed by atoms with Crippen LogP contribution in [0.15, 0.2) is 34.1 Å². The van der Waals surface area contributed by atoms with Crippen molar-refractivity contribution >= 4 is 0 Å². The molecule has 1 unspecified atom stereocenters. The van der Waals surface area contributed by atoms with Gasteiger partial charge in [-0.2, -0.15) is 5.10 Å². The van der Waals surface area contributed by atoms with Crippen LogP contribution in [0.2, 0.25) is 0 Å². The van der Waals surface area contributed by atoms with Gasteiger partial charge < -0.3 is 4.57 Å². The van der Waals surface area contributed by atoms with E-state index in [0.29, 0.717) is 6.54 Å². The van der Waals surface area contributed by atoms with E-state index in [-0.39, 0.29) is 22.7 Å². The Morgan fingerprint density at radius 1 is 1.23 bits per heavy atom. The molecule has 140 valence electrons. The van der Waals surface area contributed by atoms with Crippen LogP contribution in [0.3, 0.4) is 0 Å². The molecule has 0 aromatic carbocycles. The van der Waals surface area contributed by atoms with Crippen molar-refractivity contribution in [1.29, 1.82) is 0 Å². The lowest BCUT2D eigenvalue weighted by atomic mass is 9.92. The highest BCUT2D eigenvalue weighted by molar-refractivity contribution is 5.11. The van der Waals surface area contributed by atoms with Crippen LogP contribution in [0.5, 0.6) is 0 Å². The van der Waals surface area contributed by atoms with Crippen LogP contribution in [0.25, 0.3) is 0 Å². The topological polar surface area (TPSA) is 73.0 Å². The summed E-state index contributed by atoms with van der Waals surface area (Å²) in [5.74, 6) is 0. The van der Waals surface area contributed by atoms with E-state index >= 15 is 0 Å². The highest BCUT2D eigenvalue weighted by Crippen LogP contribution is 2.22. The fourth-order valence-corrected chi connectivity index (χ4v) is 3.37. The number of likely N-dealkylation sites (tertiary alicyclic amines) is 1. The normalized spacial score (nSPS) is 18.4. The number of rotatable bonds is 4. The first-order chi connectivity index (χ1) is 12.2. The van der Waals surface area contributed by atoms with Gasteiger partial charge in [-0.3, -0.25) is 9.69 Å². The van der Waals surface area contributed by atoms with Crippen molar-refractivity contribution in [3.05, 3.63) is 56.6 Å². The Hall–Kier alpha value is -2.28. The maximum absolute atomic E-state index is 12.3. The second-order valence-corrected chi connectivity index (χ2v) is 8.11. The van der Waals surface area contributed by atoms with Crippen molar-refractivity contribution in [3.63, 3.8) is 0 Å². The highest BCUT2D eigenvalue weighted by Gasteiger charge is 2.26. The lowest BCUT2D eigenvalue weighted by Gasteiger charge is -2.25. The molecular formula is C19H27N5O2. The lowest BCUT2D eigenvalue weighted by Crippen LogP contribution is -2.37. The van der Waals surface area contributed by atoms with Crippen molar-refractivity contribution in [2.75, 3.05) is 6.54 Å². The molecular weight excluding hydrogens is 330 g/mol. The van der Waals surface area contributed by atoms with Gasteiger partial charge in [-0.05, 0) is 25.5 Å². The second-order valence-electron chi connectivity index (χ2n) is 8.11. The number of nitrogens with zero attached hydrogens (tertiary/aromatic N) is 5. The Morgan fingerprint density at radius 3 is 2.69 bits per heavy atom. The first kappa shape index (κ1) is 18.5. The van der Waals surface area contributed by atoms with Crippen LogP contribution in [0, 0.1) is 0 Å². The quantitative estimate of drug-likeness (QED) is 0.825. The van der Waals surface area contributed by atoms with E-state index in [9.17, 15) is 9.59 Å². The summed E-state index contributed by atoms with van der Waals surface area (Å²) in [6.07, 6.45) is 5.60. The van der Waals surface area contributed by atoms with Crippen molar-refractivity contribution < 1.29 is 0 Å². The van der Waals surface area contributed by atoms with Crippen LogP contribution < -0.4 is 11.2 Å². The van der Waals surface area contributed by atoms with Gasteiger partial charge in [0.1, 0.15) is 0 Å². The summed E-state index contributed by atoms with van der Waals surface area (Å²) in [6, 6.07) is 3.69. The molecule has 2 aromatic rings. The Labute approximate surface area is 153 Å². The standard InChI is InChI=1S/C19H27N5O2/c1-19(2,3)16-7-8-17(25)24(21-16)13-15-6-5-9-23(15)12-14-10-20-18(26)22(4)11-14/h7-8,10-11,15H,5-6,9,12-13H2,1-4H3. The first-order valence-corrected chi connectivity index (χ1v) is 9.08. The summed E-state index contributed by atoms with van der Waals surface area (Å²) < 4.78 is 3.10. The molecule has 1 aliphatic heterocycles. The largest absolute Gasteiger partial charge is 0.347 e. The molecule has 0 N–H and O–H groups in total. The van der Waals surface area contributed by atoms with Gasteiger partial charge in [0.2, 0.25) is 0 Å². The van der Waals surface area contributed by atoms with Crippen molar-refractivity contribution in [2.24, 2.45) is 7.05 Å². The van der Waals surface area contributed by atoms with Gasteiger partial charge in [0, 0.05) is 49.1 Å². The Balaban J connectivity index is 1.78. The maximum Gasteiger partial charge on any atom is 0.347 e. The van der Waals surface area contributed by atoms with Gasteiger partial charge in [-0.25, -0.2) is 14.5 Å². The third-order valence-corrected chi connectivity index (χ3v) is 4.91. The fraction of sp³-hybridized carbons (Fsp3) is 0.579. The van der Waals surface area contributed by atoms with E-state index < -0.39 is 0 Å². The summed E-state index contributed by atoms with van der Waals surface area (Å²) in [5, 5.41) is 4.59. The Morgan fingerprint density at radius 2 is 2.00 bits per heavy atom. The summed E-state index contributed by atoms with van der Waals surface area (Å²) in [7, 11) is 1.71. The number of aromatic nitrogens is 4. The second kappa shape index (κ2) is 7.15. The fourth-order valence-electron chi connectivity index (χ4n) is 3.37. The lowest BCUT2D eigenvalue weighted by molar-refractivity contribution is 0.215. The molecule has 0 radical (unpaired) electrons. The van der Waals surface area contributed by atoms with Crippen LogP contribution in [0.4, 0.5) is 0 Å². The Kier molecular flexibility index (Phi) is 5.09. The molecule has 26 heavy (non-hydrogen) atoms. The van der Waals surface area contributed by atoms with Crippen LogP contribution in [-0.2, 0) is 25.6 Å². The summed E-state index contributed by atoms with van der Waals surface area (Å²) >= 11 is 0. The summed E-state index contributed by atoms with van der Waals surface area (Å²) in [4.78, 5) is 30.0. The number of hydrogen-bond acceptors (Lipinski definition) is 5. The van der Waals surface area contributed by atoms with Crippen LogP contribution in [0.1, 0.15) is 44.9 Å². The van der Waals surface area contributed by atoms with Gasteiger partial charge in [-0.15, -0.1) is 0 Å². The summed E-state index contributed by atoms with van der Waals surface area (Å²) in [6.45, 7) is 8.57. The SMILES string of the molecule is Cn1cc(CN2CCCC2Cn2nc(C(C)(C)C)ccc2=O)cnc1=O. The maximum atomic E-state index is 12.3. The van der Waals surface area contributed by atoms with Gasteiger partial charge in [0.15, 0.2) is 0 Å². The zero-order chi connectivity index (χ0) is 18.9. The zero-order valence-corrected chi connectivity index (χ0v) is 16.0. The van der Waals surface area contributed by atoms with E-state index in [1.165, 1.54) is 4.57 Å². The smallest absolute Gasteiger partial charge is 0.302 e. The molecule has 7 nitrogen and oxygen atoms in total. The molecule has 3 rings (SSSR count). The van der Waals surface area contributed by atoms with Gasteiger partial charge in [-0.1, -0.05) is 20.8 Å². The molecule has 7 heteroatoms. The van der Waals surface area contributed by atoms with Crippen molar-refractivity contribution in [1.82, 2.24) is 24.2 Å². The molecule has 2 aromatic heterocycles. The molecule has 1 saturated heterocycles. The minimum absolute atomic E-state index is 0.0615. The molecule has 1 aliphatic rings. The molecule has 0 aliphatic carbocycles. The van der Waals surface area contributed by atoms with E-state index in [1.807, 2.05) is 12.3 Å². The monoisotopic (exact) mass is 357 g/mol. The molecule has 0 saturated carbocycles. The van der Waals surface area contributed by atoms with E-state index in [2.05, 4.69) is 35.8 Å². The molecule has 3 heterocycles. The predicted octanol–water partition coefficient (Wildman–Crippen LogP) is 1.30. The average Bonchev–Trinajstić information content (AvgIpc) is 2.99. The first-order valence-electron chi connectivity index (χ1n) is 9.08.